The van der Waals surface area contributed by atoms with Crippen LogP contribution in [0.15, 0.2) is 24.3 Å². The number of nitrogens with one attached hydrogen (secondary N) is 1. The van der Waals surface area contributed by atoms with Gasteiger partial charge >= 0.3 is 0 Å². The van der Waals surface area contributed by atoms with Gasteiger partial charge in [0.25, 0.3) is 0 Å². The molecule has 94 valence electrons. The summed E-state index contributed by atoms with van der Waals surface area (Å²) in [7, 11) is 0. The maximum Gasteiger partial charge on any atom is 0.119 e. The van der Waals surface area contributed by atoms with Crippen LogP contribution in [-0.4, -0.2) is 25.2 Å². The minimum absolute atomic E-state index is 0.256. The van der Waals surface area contributed by atoms with Crippen molar-refractivity contribution in [3.05, 3.63) is 29.8 Å². The van der Waals surface area contributed by atoms with E-state index in [1.807, 2.05) is 13.0 Å². The normalized spacial score (nSPS) is 29.0. The van der Waals surface area contributed by atoms with E-state index in [9.17, 15) is 0 Å². The predicted octanol–water partition coefficient (Wildman–Crippen LogP) is 1.88. The van der Waals surface area contributed by atoms with Crippen molar-refractivity contribution in [2.45, 2.75) is 38.3 Å². The van der Waals surface area contributed by atoms with Gasteiger partial charge in [0.1, 0.15) is 5.75 Å². The maximum absolute atomic E-state index is 6.03. The summed E-state index contributed by atoms with van der Waals surface area (Å²) < 4.78 is 5.55. The highest BCUT2D eigenvalue weighted by Crippen LogP contribution is 2.29. The summed E-state index contributed by atoms with van der Waals surface area (Å²) in [5, 5.41) is 3.47. The molecule has 3 heteroatoms. The molecule has 3 nitrogen and oxygen atoms in total. The van der Waals surface area contributed by atoms with E-state index in [0.29, 0.717) is 18.6 Å². The van der Waals surface area contributed by atoms with Crippen molar-refractivity contribution in [2.75, 3.05) is 13.2 Å². The fourth-order valence-electron chi connectivity index (χ4n) is 2.52. The molecule has 1 aliphatic rings. The van der Waals surface area contributed by atoms with Crippen molar-refractivity contribution in [1.82, 2.24) is 5.32 Å². The Hall–Kier alpha value is -1.06. The molecule has 1 heterocycles. The predicted molar refractivity (Wildman–Crippen MR) is 70.4 cm³/mol. The van der Waals surface area contributed by atoms with Crippen LogP contribution < -0.4 is 15.8 Å². The van der Waals surface area contributed by atoms with Gasteiger partial charge in [-0.05, 0) is 38.0 Å². The van der Waals surface area contributed by atoms with Crippen LogP contribution in [0.4, 0.5) is 0 Å². The average Bonchev–Trinajstić information content (AvgIpc) is 2.33. The zero-order chi connectivity index (χ0) is 12.3. The van der Waals surface area contributed by atoms with Crippen LogP contribution in [0.5, 0.6) is 5.75 Å². The third kappa shape index (κ3) is 2.99. The topological polar surface area (TPSA) is 47.3 Å². The molecule has 0 spiro atoms. The Morgan fingerprint density at radius 2 is 2.29 bits per heavy atom. The maximum atomic E-state index is 6.03. The number of ether oxygens (including phenoxy) is 1. The summed E-state index contributed by atoms with van der Waals surface area (Å²) >= 11 is 0. The molecule has 3 unspecified atom stereocenters. The first-order chi connectivity index (χ1) is 8.20. The monoisotopic (exact) mass is 234 g/mol. The van der Waals surface area contributed by atoms with Gasteiger partial charge in [-0.1, -0.05) is 12.1 Å². The van der Waals surface area contributed by atoms with Crippen LogP contribution in [0, 0.1) is 0 Å². The lowest BCUT2D eigenvalue weighted by atomic mass is 9.84. The highest BCUT2D eigenvalue weighted by atomic mass is 16.5. The lowest BCUT2D eigenvalue weighted by Crippen LogP contribution is -2.48. The number of nitrogens with two attached hydrogens (primary N) is 1. The summed E-state index contributed by atoms with van der Waals surface area (Å²) in [5.41, 5.74) is 7.35. The second-order valence-electron chi connectivity index (χ2n) is 4.80. The van der Waals surface area contributed by atoms with Gasteiger partial charge in [-0.2, -0.15) is 0 Å². The summed E-state index contributed by atoms with van der Waals surface area (Å²) in [6.07, 6.45) is 1.05. The molecule has 0 amide bonds. The van der Waals surface area contributed by atoms with E-state index < -0.39 is 0 Å². The number of hydrogen-bond donors (Lipinski definition) is 2. The van der Waals surface area contributed by atoms with E-state index in [0.717, 1.165) is 18.7 Å². The Bertz CT molecular complexity index is 367. The molecule has 0 aliphatic carbocycles. The molecule has 3 atom stereocenters. The van der Waals surface area contributed by atoms with Gasteiger partial charge in [0, 0.05) is 24.5 Å². The van der Waals surface area contributed by atoms with Gasteiger partial charge in [-0.3, -0.25) is 0 Å². The number of rotatable bonds is 3. The molecular formula is C14H22N2O. The Morgan fingerprint density at radius 3 is 3.06 bits per heavy atom. The zero-order valence-corrected chi connectivity index (χ0v) is 10.6. The van der Waals surface area contributed by atoms with Gasteiger partial charge in [-0.25, -0.2) is 0 Å². The van der Waals surface area contributed by atoms with Gasteiger partial charge in [0.15, 0.2) is 0 Å². The summed E-state index contributed by atoms with van der Waals surface area (Å²) in [4.78, 5) is 0. The average molecular weight is 234 g/mol. The first-order valence-corrected chi connectivity index (χ1v) is 6.42. The smallest absolute Gasteiger partial charge is 0.119 e. The Morgan fingerprint density at radius 1 is 1.47 bits per heavy atom. The van der Waals surface area contributed by atoms with Crippen molar-refractivity contribution in [3.8, 4) is 5.75 Å². The van der Waals surface area contributed by atoms with E-state index in [-0.39, 0.29) is 6.04 Å². The van der Waals surface area contributed by atoms with Crippen molar-refractivity contribution in [3.63, 3.8) is 0 Å². The second kappa shape index (κ2) is 5.52. The van der Waals surface area contributed by atoms with Crippen molar-refractivity contribution >= 4 is 0 Å². The molecule has 1 aromatic rings. The third-order valence-corrected chi connectivity index (χ3v) is 3.46. The molecule has 0 saturated carbocycles. The molecule has 2 rings (SSSR count). The molecule has 1 saturated heterocycles. The van der Waals surface area contributed by atoms with Crippen LogP contribution in [0.3, 0.4) is 0 Å². The van der Waals surface area contributed by atoms with Gasteiger partial charge in [-0.15, -0.1) is 0 Å². The third-order valence-electron chi connectivity index (χ3n) is 3.46. The minimum Gasteiger partial charge on any atom is -0.494 e. The lowest BCUT2D eigenvalue weighted by molar-refractivity contribution is 0.328. The molecule has 0 aromatic heterocycles. The van der Waals surface area contributed by atoms with Crippen LogP contribution in [0.2, 0.25) is 0 Å². The number of hydrogen-bond acceptors (Lipinski definition) is 3. The largest absolute Gasteiger partial charge is 0.494 e. The Labute approximate surface area is 103 Å². The fourth-order valence-corrected chi connectivity index (χ4v) is 2.52. The molecule has 1 aromatic carbocycles. The minimum atomic E-state index is 0.256. The fraction of sp³-hybridized carbons (Fsp3) is 0.571. The van der Waals surface area contributed by atoms with E-state index in [1.165, 1.54) is 5.56 Å². The highest BCUT2D eigenvalue weighted by Gasteiger charge is 2.26. The lowest BCUT2D eigenvalue weighted by Gasteiger charge is -2.34. The molecule has 0 bridgehead atoms. The van der Waals surface area contributed by atoms with Crippen LogP contribution >= 0.6 is 0 Å². The summed E-state index contributed by atoms with van der Waals surface area (Å²) in [6, 6.07) is 9.12. The zero-order valence-electron chi connectivity index (χ0n) is 10.6. The number of piperidine rings is 1. The van der Waals surface area contributed by atoms with Crippen LogP contribution in [0.25, 0.3) is 0 Å². The molecule has 17 heavy (non-hydrogen) atoms. The highest BCUT2D eigenvalue weighted by molar-refractivity contribution is 5.32. The summed E-state index contributed by atoms with van der Waals surface area (Å²) in [5.74, 6) is 1.44. The molecule has 1 aliphatic heterocycles. The van der Waals surface area contributed by atoms with Crippen LogP contribution in [-0.2, 0) is 0 Å². The Balaban J connectivity index is 2.16. The van der Waals surface area contributed by atoms with E-state index in [1.54, 1.807) is 0 Å². The summed E-state index contributed by atoms with van der Waals surface area (Å²) in [6.45, 7) is 5.86. The first-order valence-electron chi connectivity index (χ1n) is 6.42. The molecule has 0 radical (unpaired) electrons. The first kappa shape index (κ1) is 12.4. The standard InChI is InChI=1S/C14H22N2O/c1-3-17-13-6-4-5-11(7-13)14-8-12(15)9-16-10(14)2/h4-7,10,12,14,16H,3,8-9,15H2,1-2H3. The second-order valence-corrected chi connectivity index (χ2v) is 4.80. The van der Waals surface area contributed by atoms with Crippen molar-refractivity contribution in [1.29, 1.82) is 0 Å². The van der Waals surface area contributed by atoms with Crippen molar-refractivity contribution < 1.29 is 4.74 Å². The van der Waals surface area contributed by atoms with Gasteiger partial charge in [0.2, 0.25) is 0 Å². The Kier molecular flexibility index (Phi) is 4.02. The quantitative estimate of drug-likeness (QED) is 0.839. The van der Waals surface area contributed by atoms with Gasteiger partial charge in [0.05, 0.1) is 6.61 Å². The van der Waals surface area contributed by atoms with Gasteiger partial charge < -0.3 is 15.8 Å². The number of benzene rings is 1. The van der Waals surface area contributed by atoms with Crippen molar-refractivity contribution in [2.24, 2.45) is 5.73 Å². The van der Waals surface area contributed by atoms with E-state index in [4.69, 9.17) is 10.5 Å². The van der Waals surface area contributed by atoms with E-state index in [2.05, 4.69) is 30.4 Å². The molecular weight excluding hydrogens is 212 g/mol. The molecule has 1 fully saturated rings. The van der Waals surface area contributed by atoms with E-state index >= 15 is 0 Å². The molecule has 3 N–H and O–H groups in total. The van der Waals surface area contributed by atoms with Crippen LogP contribution in [0.1, 0.15) is 31.7 Å². The SMILES string of the molecule is CCOc1cccc(C2CC(N)CNC2C)c1.